The lowest BCUT2D eigenvalue weighted by molar-refractivity contribution is -0.119. The minimum Gasteiger partial charge on any atom is -0.497 e. The molecule has 5 rings (SSSR count). The highest BCUT2D eigenvalue weighted by Crippen LogP contribution is 2.33. The second-order valence-electron chi connectivity index (χ2n) is 9.67. The molecule has 8 nitrogen and oxygen atoms in total. The predicted molar refractivity (Wildman–Crippen MR) is 163 cm³/mol. The van der Waals surface area contributed by atoms with Gasteiger partial charge < -0.3 is 19.5 Å². The van der Waals surface area contributed by atoms with Crippen molar-refractivity contribution in [1.29, 1.82) is 0 Å². The molecule has 0 saturated carbocycles. The smallest absolute Gasteiger partial charge is 0.338 e. The summed E-state index contributed by atoms with van der Waals surface area (Å²) >= 11 is 0. The van der Waals surface area contributed by atoms with E-state index in [2.05, 4.69) is 5.32 Å². The fourth-order valence-electron chi connectivity index (χ4n) is 4.67. The molecule has 0 fully saturated rings. The van der Waals surface area contributed by atoms with E-state index in [1.807, 2.05) is 80.6 Å². The van der Waals surface area contributed by atoms with E-state index < -0.39 is 18.5 Å². The van der Waals surface area contributed by atoms with Gasteiger partial charge in [-0.3, -0.25) is 4.79 Å². The van der Waals surface area contributed by atoms with E-state index in [1.165, 1.54) is 0 Å². The van der Waals surface area contributed by atoms with Crippen molar-refractivity contribution in [2.24, 2.45) is 0 Å². The number of benzene rings is 4. The summed E-state index contributed by atoms with van der Waals surface area (Å²) in [6.07, 6.45) is 0.772. The fourth-order valence-corrected chi connectivity index (χ4v) is 4.67. The van der Waals surface area contributed by atoms with Crippen molar-refractivity contribution in [2.75, 3.05) is 26.1 Å². The molecular formula is C34H31N3O5. The summed E-state index contributed by atoms with van der Waals surface area (Å²) in [5.41, 5.74) is 7.15. The van der Waals surface area contributed by atoms with Gasteiger partial charge in [-0.05, 0) is 91.2 Å². The lowest BCUT2D eigenvalue weighted by Gasteiger charge is -2.13. The quantitative estimate of drug-likeness (QED) is 0.201. The third-order valence-electron chi connectivity index (χ3n) is 6.97. The highest BCUT2D eigenvalue weighted by Gasteiger charge is 2.17. The Morgan fingerprint density at radius 2 is 1.36 bits per heavy atom. The molecule has 0 spiro atoms. The minimum atomic E-state index is -0.625. The molecule has 0 bridgehead atoms. The molecule has 8 heteroatoms. The summed E-state index contributed by atoms with van der Waals surface area (Å²) in [6.45, 7) is 3.54. The molecule has 1 N–H and O–H groups in total. The number of methoxy groups -OCH3 is 2. The van der Waals surface area contributed by atoms with Gasteiger partial charge in [0.15, 0.2) is 6.61 Å². The first-order valence-electron chi connectivity index (χ1n) is 13.6. The average molecular weight is 562 g/mol. The number of nitrogens with one attached hydrogen (secondary N) is 1. The van der Waals surface area contributed by atoms with Crippen LogP contribution in [0.2, 0.25) is 0 Å². The molecule has 0 radical (unpaired) electrons. The number of aromatic nitrogens is 2. The summed E-state index contributed by atoms with van der Waals surface area (Å²) in [6, 6.07) is 26.0. The zero-order valence-electron chi connectivity index (χ0n) is 23.9. The molecule has 212 valence electrons. The lowest BCUT2D eigenvalue weighted by Crippen LogP contribution is -2.22. The maximum Gasteiger partial charge on any atom is 0.338 e. The number of para-hydroxylation sites is 1. The van der Waals surface area contributed by atoms with E-state index in [1.54, 1.807) is 32.4 Å². The molecule has 0 saturated heterocycles. The zero-order valence-corrected chi connectivity index (χ0v) is 23.9. The molecule has 1 aromatic heterocycles. The van der Waals surface area contributed by atoms with Crippen molar-refractivity contribution in [3.63, 3.8) is 0 Å². The standard InChI is InChI=1S/C34H31N3O5/c1-5-22-8-6-7-21(2)31(22)37-30(38)20-42-34(39)25-13-18-28-29(19-25)36-33(24-11-16-27(41-4)17-12-24)32(35-28)23-9-14-26(40-3)15-10-23/h6-19H,5,20H2,1-4H3,(H,37,38). The second-order valence-corrected chi connectivity index (χ2v) is 9.67. The van der Waals surface area contributed by atoms with Crippen LogP contribution in [0.25, 0.3) is 33.5 Å². The van der Waals surface area contributed by atoms with Crippen molar-refractivity contribution in [2.45, 2.75) is 20.3 Å². The van der Waals surface area contributed by atoms with Crippen molar-refractivity contribution in [1.82, 2.24) is 9.97 Å². The first kappa shape index (κ1) is 28.3. The number of fused-ring (bicyclic) bond motifs is 1. The Hall–Kier alpha value is -5.24. The predicted octanol–water partition coefficient (Wildman–Crippen LogP) is 6.65. The Labute approximate surface area is 244 Å². The molecule has 1 amide bonds. The fraction of sp³-hybridized carbons (Fsp3) is 0.176. The largest absolute Gasteiger partial charge is 0.497 e. The van der Waals surface area contributed by atoms with Gasteiger partial charge in [-0.25, -0.2) is 14.8 Å². The minimum absolute atomic E-state index is 0.271. The van der Waals surface area contributed by atoms with Gasteiger partial charge in [-0.1, -0.05) is 25.1 Å². The molecule has 4 aromatic carbocycles. The summed E-state index contributed by atoms with van der Waals surface area (Å²) in [4.78, 5) is 35.4. The van der Waals surface area contributed by atoms with Crippen molar-refractivity contribution in [3.05, 3.63) is 102 Å². The Morgan fingerprint density at radius 1 is 0.762 bits per heavy atom. The Bertz CT molecular complexity index is 1750. The third kappa shape index (κ3) is 6.07. The van der Waals surface area contributed by atoms with E-state index in [4.69, 9.17) is 24.2 Å². The molecule has 0 unspecified atom stereocenters. The first-order chi connectivity index (χ1) is 20.4. The average Bonchev–Trinajstić information content (AvgIpc) is 3.03. The van der Waals surface area contributed by atoms with Gasteiger partial charge >= 0.3 is 5.97 Å². The number of nitrogens with zero attached hydrogens (tertiary/aromatic N) is 2. The number of ether oxygens (including phenoxy) is 3. The van der Waals surface area contributed by atoms with E-state index in [-0.39, 0.29) is 5.56 Å². The van der Waals surface area contributed by atoms with Crippen LogP contribution in [-0.4, -0.2) is 42.7 Å². The SMILES string of the molecule is CCc1cccc(C)c1NC(=O)COC(=O)c1ccc2nc(-c3ccc(OC)cc3)c(-c3ccc(OC)cc3)nc2c1. The number of esters is 1. The van der Waals surface area contributed by atoms with Crippen LogP contribution in [-0.2, 0) is 16.0 Å². The highest BCUT2D eigenvalue weighted by atomic mass is 16.5. The Morgan fingerprint density at radius 3 is 1.93 bits per heavy atom. The van der Waals surface area contributed by atoms with E-state index in [0.717, 1.165) is 45.9 Å². The highest BCUT2D eigenvalue weighted by molar-refractivity contribution is 5.98. The number of hydrogen-bond acceptors (Lipinski definition) is 7. The van der Waals surface area contributed by atoms with Gasteiger partial charge in [0.05, 0.1) is 42.2 Å². The van der Waals surface area contributed by atoms with Crippen molar-refractivity contribution in [3.8, 4) is 34.0 Å². The number of rotatable bonds is 9. The first-order valence-corrected chi connectivity index (χ1v) is 13.6. The van der Waals surface area contributed by atoms with Gasteiger partial charge in [0.25, 0.3) is 5.91 Å². The van der Waals surface area contributed by atoms with Gasteiger partial charge in [0, 0.05) is 16.8 Å². The van der Waals surface area contributed by atoms with Crippen LogP contribution in [0.5, 0.6) is 11.5 Å². The van der Waals surface area contributed by atoms with Crippen LogP contribution in [0.4, 0.5) is 5.69 Å². The Kier molecular flexibility index (Phi) is 8.43. The maximum atomic E-state index is 12.9. The van der Waals surface area contributed by atoms with Crippen molar-refractivity contribution < 1.29 is 23.8 Å². The normalized spacial score (nSPS) is 10.8. The number of hydrogen-bond donors (Lipinski definition) is 1. The summed E-state index contributed by atoms with van der Waals surface area (Å²) in [5, 5.41) is 2.87. The van der Waals surface area contributed by atoms with Gasteiger partial charge in [0.2, 0.25) is 0 Å². The van der Waals surface area contributed by atoms with Crippen LogP contribution in [0.15, 0.2) is 84.9 Å². The molecular weight excluding hydrogens is 530 g/mol. The molecule has 0 atom stereocenters. The molecule has 5 aromatic rings. The molecule has 0 aliphatic heterocycles. The van der Waals surface area contributed by atoms with Crippen LogP contribution in [0, 0.1) is 6.92 Å². The van der Waals surface area contributed by atoms with Crippen LogP contribution in [0.1, 0.15) is 28.4 Å². The molecule has 0 aliphatic carbocycles. The van der Waals surface area contributed by atoms with Crippen LogP contribution < -0.4 is 14.8 Å². The van der Waals surface area contributed by atoms with Gasteiger partial charge in [-0.2, -0.15) is 0 Å². The summed E-state index contributed by atoms with van der Waals surface area (Å²) in [7, 11) is 3.23. The van der Waals surface area contributed by atoms with E-state index >= 15 is 0 Å². The van der Waals surface area contributed by atoms with Crippen LogP contribution in [0.3, 0.4) is 0 Å². The maximum absolute atomic E-state index is 12.9. The number of anilines is 1. The van der Waals surface area contributed by atoms with E-state index in [0.29, 0.717) is 22.4 Å². The molecule has 1 heterocycles. The number of carbonyl (C=O) groups is 2. The number of amides is 1. The number of aryl methyl sites for hydroxylation is 2. The van der Waals surface area contributed by atoms with E-state index in [9.17, 15) is 9.59 Å². The molecule has 0 aliphatic rings. The van der Waals surface area contributed by atoms with Crippen LogP contribution >= 0.6 is 0 Å². The Balaban J connectivity index is 1.42. The topological polar surface area (TPSA) is 99.6 Å². The van der Waals surface area contributed by atoms with Gasteiger partial charge in [0.1, 0.15) is 11.5 Å². The second kappa shape index (κ2) is 12.5. The monoisotopic (exact) mass is 561 g/mol. The van der Waals surface area contributed by atoms with Gasteiger partial charge in [-0.15, -0.1) is 0 Å². The number of carbonyl (C=O) groups excluding carboxylic acids is 2. The summed E-state index contributed by atoms with van der Waals surface area (Å²) < 4.78 is 16.0. The van der Waals surface area contributed by atoms with Crippen molar-refractivity contribution >= 4 is 28.6 Å². The molecule has 42 heavy (non-hydrogen) atoms. The summed E-state index contributed by atoms with van der Waals surface area (Å²) in [5.74, 6) is 0.430. The third-order valence-corrected chi connectivity index (χ3v) is 6.97. The zero-order chi connectivity index (χ0) is 29.6. The lowest BCUT2D eigenvalue weighted by atomic mass is 10.0.